The minimum Gasteiger partial charge on any atom is -0.504 e. The molecule has 17 heavy (non-hydrogen) atoms. The number of carboxylic acids is 1. The molecule has 92 valence electrons. The standard InChI is InChI=1S/C12H13FO4/c1-6-5-7(8(13)10(15)9(6)14)12(11(16)17)3-2-4-12/h5,14-15H,2-4H2,1H3,(H,16,17). The van der Waals surface area contributed by atoms with Crippen molar-refractivity contribution in [1.29, 1.82) is 0 Å². The van der Waals surface area contributed by atoms with E-state index in [1.807, 2.05) is 0 Å². The van der Waals surface area contributed by atoms with Crippen LogP contribution >= 0.6 is 0 Å². The summed E-state index contributed by atoms with van der Waals surface area (Å²) in [5.41, 5.74) is -1.02. The number of carbonyl (C=O) groups is 1. The molecule has 0 aliphatic heterocycles. The highest BCUT2D eigenvalue weighted by molar-refractivity contribution is 5.83. The highest BCUT2D eigenvalue weighted by Gasteiger charge is 2.48. The van der Waals surface area contributed by atoms with Crippen LogP contribution in [0.2, 0.25) is 0 Å². The number of phenols is 2. The lowest BCUT2D eigenvalue weighted by molar-refractivity contribution is -0.147. The molecule has 0 atom stereocenters. The number of carboxylic acid groups (broad SMARTS) is 1. The molecule has 4 nitrogen and oxygen atoms in total. The number of aromatic hydroxyl groups is 2. The Morgan fingerprint density at radius 2 is 1.94 bits per heavy atom. The molecule has 1 aliphatic carbocycles. The van der Waals surface area contributed by atoms with Gasteiger partial charge in [-0.05, 0) is 31.4 Å². The summed E-state index contributed by atoms with van der Waals surface area (Å²) in [5.74, 6) is -3.53. The molecule has 0 aromatic heterocycles. The van der Waals surface area contributed by atoms with E-state index in [9.17, 15) is 24.5 Å². The summed E-state index contributed by atoms with van der Waals surface area (Å²) in [4.78, 5) is 11.3. The van der Waals surface area contributed by atoms with E-state index in [4.69, 9.17) is 0 Å². The maximum atomic E-state index is 13.8. The van der Waals surface area contributed by atoms with Gasteiger partial charge in [0.1, 0.15) is 0 Å². The van der Waals surface area contributed by atoms with Crippen LogP contribution in [-0.2, 0) is 10.2 Å². The number of hydrogen-bond donors (Lipinski definition) is 3. The number of hydrogen-bond acceptors (Lipinski definition) is 3. The molecular formula is C12H13FO4. The zero-order chi connectivity index (χ0) is 12.8. The van der Waals surface area contributed by atoms with E-state index >= 15 is 0 Å². The van der Waals surface area contributed by atoms with E-state index in [2.05, 4.69) is 0 Å². The summed E-state index contributed by atoms with van der Waals surface area (Å²) >= 11 is 0. The van der Waals surface area contributed by atoms with Crippen molar-refractivity contribution >= 4 is 5.97 Å². The third-order valence-electron chi connectivity index (χ3n) is 3.54. The minimum atomic E-state index is -1.25. The Morgan fingerprint density at radius 1 is 1.35 bits per heavy atom. The van der Waals surface area contributed by atoms with Gasteiger partial charge in [0, 0.05) is 5.56 Å². The zero-order valence-electron chi connectivity index (χ0n) is 9.33. The maximum Gasteiger partial charge on any atom is 0.314 e. The van der Waals surface area contributed by atoms with Crippen LogP contribution in [0.25, 0.3) is 0 Å². The van der Waals surface area contributed by atoms with E-state index in [1.165, 1.54) is 13.0 Å². The Morgan fingerprint density at radius 3 is 2.35 bits per heavy atom. The first kappa shape index (κ1) is 11.7. The molecule has 1 aromatic carbocycles. The van der Waals surface area contributed by atoms with Crippen LogP contribution in [0.1, 0.15) is 30.4 Å². The molecule has 0 bridgehead atoms. The van der Waals surface area contributed by atoms with Crippen molar-refractivity contribution in [3.63, 3.8) is 0 Å². The Hall–Kier alpha value is -1.78. The van der Waals surface area contributed by atoms with Gasteiger partial charge in [-0.3, -0.25) is 4.79 Å². The van der Waals surface area contributed by atoms with Gasteiger partial charge in [-0.1, -0.05) is 6.42 Å². The molecule has 0 radical (unpaired) electrons. The Kier molecular flexibility index (Phi) is 2.49. The zero-order valence-corrected chi connectivity index (χ0v) is 9.33. The second-order valence-corrected chi connectivity index (χ2v) is 4.49. The summed E-state index contributed by atoms with van der Waals surface area (Å²) in [5, 5.41) is 28.0. The Bertz CT molecular complexity index is 492. The third-order valence-corrected chi connectivity index (χ3v) is 3.54. The van der Waals surface area contributed by atoms with Gasteiger partial charge in [0.05, 0.1) is 5.41 Å². The van der Waals surface area contributed by atoms with E-state index < -0.39 is 28.7 Å². The van der Waals surface area contributed by atoms with Crippen LogP contribution in [-0.4, -0.2) is 21.3 Å². The van der Waals surface area contributed by atoms with Crippen LogP contribution in [0.3, 0.4) is 0 Å². The number of aryl methyl sites for hydroxylation is 1. The largest absolute Gasteiger partial charge is 0.504 e. The van der Waals surface area contributed by atoms with Gasteiger partial charge in [-0.15, -0.1) is 0 Å². The van der Waals surface area contributed by atoms with Crippen molar-refractivity contribution in [2.45, 2.75) is 31.6 Å². The van der Waals surface area contributed by atoms with Gasteiger partial charge < -0.3 is 15.3 Å². The number of aliphatic carboxylic acids is 1. The minimum absolute atomic E-state index is 0.0379. The van der Waals surface area contributed by atoms with Gasteiger partial charge in [0.15, 0.2) is 17.3 Å². The highest BCUT2D eigenvalue weighted by atomic mass is 19.1. The molecule has 1 saturated carbocycles. The average Bonchev–Trinajstić information content (AvgIpc) is 2.20. The van der Waals surface area contributed by atoms with E-state index in [0.29, 0.717) is 19.3 Å². The smallest absolute Gasteiger partial charge is 0.314 e. The molecule has 1 aromatic rings. The fourth-order valence-corrected chi connectivity index (χ4v) is 2.24. The van der Waals surface area contributed by atoms with Gasteiger partial charge >= 0.3 is 5.97 Å². The normalized spacial score (nSPS) is 17.5. The first-order chi connectivity index (χ1) is 7.90. The maximum absolute atomic E-state index is 13.8. The fraction of sp³-hybridized carbons (Fsp3) is 0.417. The molecule has 0 spiro atoms. The molecule has 5 heteroatoms. The fourth-order valence-electron chi connectivity index (χ4n) is 2.24. The monoisotopic (exact) mass is 240 g/mol. The molecule has 1 fully saturated rings. The number of rotatable bonds is 2. The van der Waals surface area contributed by atoms with Crippen molar-refractivity contribution in [2.24, 2.45) is 0 Å². The van der Waals surface area contributed by atoms with Crippen molar-refractivity contribution in [3.8, 4) is 11.5 Å². The highest BCUT2D eigenvalue weighted by Crippen LogP contribution is 2.48. The van der Waals surface area contributed by atoms with Crippen molar-refractivity contribution in [2.75, 3.05) is 0 Å². The van der Waals surface area contributed by atoms with Crippen LogP contribution in [0.15, 0.2) is 6.07 Å². The second kappa shape index (κ2) is 3.61. The molecule has 0 amide bonds. The lowest BCUT2D eigenvalue weighted by Gasteiger charge is -2.38. The molecular weight excluding hydrogens is 227 g/mol. The first-order valence-electron chi connectivity index (χ1n) is 5.35. The van der Waals surface area contributed by atoms with E-state index in [1.54, 1.807) is 0 Å². The predicted molar refractivity (Wildman–Crippen MR) is 57.6 cm³/mol. The first-order valence-corrected chi connectivity index (χ1v) is 5.35. The van der Waals surface area contributed by atoms with Crippen LogP contribution in [0, 0.1) is 12.7 Å². The molecule has 0 heterocycles. The van der Waals surface area contributed by atoms with Crippen molar-refractivity contribution in [1.82, 2.24) is 0 Å². The average molecular weight is 240 g/mol. The van der Waals surface area contributed by atoms with Crippen LogP contribution in [0.4, 0.5) is 4.39 Å². The summed E-state index contributed by atoms with van der Waals surface area (Å²) < 4.78 is 13.8. The lowest BCUT2D eigenvalue weighted by atomic mass is 9.64. The summed E-state index contributed by atoms with van der Waals surface area (Å²) in [6.45, 7) is 1.49. The Labute approximate surface area is 97.3 Å². The van der Waals surface area contributed by atoms with Gasteiger partial charge in [-0.25, -0.2) is 4.39 Å². The molecule has 0 saturated heterocycles. The number of benzene rings is 1. The molecule has 0 unspecified atom stereocenters. The number of phenolic OH excluding ortho intramolecular Hbond substituents is 2. The van der Waals surface area contributed by atoms with Gasteiger partial charge in [0.2, 0.25) is 0 Å². The predicted octanol–water partition coefficient (Wildman–Crippen LogP) is 2.05. The SMILES string of the molecule is Cc1cc(C2(C(=O)O)CCC2)c(F)c(O)c1O. The summed E-state index contributed by atoms with van der Waals surface area (Å²) in [6, 6.07) is 1.30. The molecule has 3 N–H and O–H groups in total. The quantitative estimate of drug-likeness (QED) is 0.691. The van der Waals surface area contributed by atoms with Crippen molar-refractivity contribution < 1.29 is 24.5 Å². The Balaban J connectivity index is 2.64. The third kappa shape index (κ3) is 1.45. The summed E-state index contributed by atoms with van der Waals surface area (Å²) in [6.07, 6.45) is 1.41. The molecule has 1 aliphatic rings. The topological polar surface area (TPSA) is 77.8 Å². The van der Waals surface area contributed by atoms with Gasteiger partial charge in [-0.2, -0.15) is 0 Å². The van der Waals surface area contributed by atoms with Crippen LogP contribution < -0.4 is 0 Å². The van der Waals surface area contributed by atoms with E-state index in [-0.39, 0.29) is 11.1 Å². The van der Waals surface area contributed by atoms with Gasteiger partial charge in [0.25, 0.3) is 0 Å². The van der Waals surface area contributed by atoms with Crippen LogP contribution in [0.5, 0.6) is 11.5 Å². The second-order valence-electron chi connectivity index (χ2n) is 4.49. The van der Waals surface area contributed by atoms with Crippen molar-refractivity contribution in [3.05, 3.63) is 23.0 Å². The summed E-state index contributed by atoms with van der Waals surface area (Å²) in [7, 11) is 0. The molecule has 2 rings (SSSR count). The lowest BCUT2D eigenvalue weighted by Crippen LogP contribution is -2.43. The number of halogens is 1. The van der Waals surface area contributed by atoms with E-state index in [0.717, 1.165) is 0 Å².